The van der Waals surface area contributed by atoms with E-state index in [0.29, 0.717) is 17.1 Å². The van der Waals surface area contributed by atoms with Gasteiger partial charge >= 0.3 is 6.09 Å². The van der Waals surface area contributed by atoms with Crippen molar-refractivity contribution in [3.8, 4) is 5.75 Å². The number of hydrogen-bond acceptors (Lipinski definition) is 5. The summed E-state index contributed by atoms with van der Waals surface area (Å²) in [5, 5.41) is 15.8. The van der Waals surface area contributed by atoms with Crippen molar-refractivity contribution >= 4 is 29.1 Å². The van der Waals surface area contributed by atoms with Gasteiger partial charge in [-0.25, -0.2) is 4.79 Å². The summed E-state index contributed by atoms with van der Waals surface area (Å²) in [5.74, 6) is 0.0509. The number of hydrogen-bond donors (Lipinski definition) is 2. The van der Waals surface area contributed by atoms with E-state index < -0.39 is 11.0 Å². The highest BCUT2D eigenvalue weighted by molar-refractivity contribution is 5.92. The Kier molecular flexibility index (Phi) is 5.67. The van der Waals surface area contributed by atoms with Crippen molar-refractivity contribution in [2.45, 2.75) is 13.8 Å². The summed E-state index contributed by atoms with van der Waals surface area (Å²) in [6.07, 6.45) is -0.729. The van der Waals surface area contributed by atoms with Gasteiger partial charge in [0.1, 0.15) is 5.75 Å². The molecular weight excluding hydrogens is 326 g/mol. The second-order valence-corrected chi connectivity index (χ2v) is 5.49. The lowest BCUT2D eigenvalue weighted by Crippen LogP contribution is -2.18. The molecule has 0 heterocycles. The molecule has 2 N–H and O–H groups in total. The van der Waals surface area contributed by atoms with E-state index in [2.05, 4.69) is 10.6 Å². The summed E-state index contributed by atoms with van der Waals surface area (Å²) in [5.41, 5.74) is 0.899. The van der Waals surface area contributed by atoms with Crippen LogP contribution in [-0.2, 0) is 4.79 Å². The Bertz CT molecular complexity index is 770. The quantitative estimate of drug-likeness (QED) is 0.633. The molecule has 25 heavy (non-hydrogen) atoms. The number of non-ortho nitro benzene ring substituents is 1. The van der Waals surface area contributed by atoms with Crippen LogP contribution < -0.4 is 15.4 Å². The van der Waals surface area contributed by atoms with Gasteiger partial charge in [0.05, 0.1) is 4.92 Å². The highest BCUT2D eigenvalue weighted by Crippen LogP contribution is 2.18. The first-order chi connectivity index (χ1) is 11.8. The Labute approximate surface area is 144 Å². The Hall–Kier alpha value is -3.42. The molecule has 8 nitrogen and oxygen atoms in total. The molecule has 2 aromatic rings. The van der Waals surface area contributed by atoms with Gasteiger partial charge in [-0.2, -0.15) is 0 Å². The Morgan fingerprint density at radius 2 is 1.48 bits per heavy atom. The number of carbonyl (C=O) groups excluding carboxylic acids is 2. The summed E-state index contributed by atoms with van der Waals surface area (Å²) in [6.45, 7) is 3.57. The molecule has 0 atom stereocenters. The number of carbonyl (C=O) groups is 2. The zero-order valence-electron chi connectivity index (χ0n) is 13.7. The number of benzene rings is 2. The molecule has 2 rings (SSSR count). The second kappa shape index (κ2) is 7.91. The third kappa shape index (κ3) is 5.31. The van der Waals surface area contributed by atoms with E-state index in [0.717, 1.165) is 0 Å². The van der Waals surface area contributed by atoms with Crippen LogP contribution in [0, 0.1) is 16.0 Å². The van der Waals surface area contributed by atoms with Crippen molar-refractivity contribution < 1.29 is 19.2 Å². The fourth-order valence-electron chi connectivity index (χ4n) is 1.81. The maximum atomic E-state index is 11.8. The minimum absolute atomic E-state index is 0.0713. The first-order valence-electron chi connectivity index (χ1n) is 7.49. The molecule has 0 aliphatic carbocycles. The topological polar surface area (TPSA) is 111 Å². The Morgan fingerprint density at radius 3 is 2.00 bits per heavy atom. The van der Waals surface area contributed by atoms with Crippen LogP contribution in [0.1, 0.15) is 13.8 Å². The summed E-state index contributed by atoms with van der Waals surface area (Å²) in [6, 6.07) is 11.7. The molecule has 0 saturated carbocycles. The molecule has 0 bridgehead atoms. The van der Waals surface area contributed by atoms with Crippen molar-refractivity contribution in [2.75, 3.05) is 10.6 Å². The molecule has 0 saturated heterocycles. The molecule has 0 unspecified atom stereocenters. The maximum absolute atomic E-state index is 11.8. The van der Waals surface area contributed by atoms with Crippen LogP contribution in [0.2, 0.25) is 0 Å². The number of rotatable bonds is 5. The van der Waals surface area contributed by atoms with E-state index in [1.54, 1.807) is 38.1 Å². The van der Waals surface area contributed by atoms with Crippen LogP contribution in [0.15, 0.2) is 48.5 Å². The second-order valence-electron chi connectivity index (χ2n) is 5.49. The van der Waals surface area contributed by atoms with Gasteiger partial charge in [0.25, 0.3) is 5.69 Å². The van der Waals surface area contributed by atoms with E-state index >= 15 is 0 Å². The van der Waals surface area contributed by atoms with Gasteiger partial charge < -0.3 is 10.1 Å². The minimum atomic E-state index is -0.729. The number of anilines is 2. The minimum Gasteiger partial charge on any atom is -0.410 e. The average Bonchev–Trinajstić information content (AvgIpc) is 2.57. The lowest BCUT2D eigenvalue weighted by atomic mass is 10.2. The van der Waals surface area contributed by atoms with Gasteiger partial charge in [0.2, 0.25) is 5.91 Å². The number of ether oxygens (including phenoxy) is 1. The lowest BCUT2D eigenvalue weighted by molar-refractivity contribution is -0.384. The monoisotopic (exact) mass is 343 g/mol. The molecule has 2 aromatic carbocycles. The summed E-state index contributed by atoms with van der Waals surface area (Å²) >= 11 is 0. The van der Waals surface area contributed by atoms with Gasteiger partial charge in [-0.3, -0.25) is 20.2 Å². The largest absolute Gasteiger partial charge is 0.417 e. The van der Waals surface area contributed by atoms with Gasteiger partial charge in [-0.1, -0.05) is 13.8 Å². The zero-order valence-corrected chi connectivity index (χ0v) is 13.7. The molecule has 0 aliphatic heterocycles. The third-order valence-electron chi connectivity index (χ3n) is 3.18. The standard InChI is InChI=1S/C17H17N3O5/c1-11(2)16(21)18-12-5-9-15(10-6-12)25-17(22)19-13-3-7-14(8-4-13)20(23)24/h3-11H,1-2H3,(H,18,21)(H,19,22). The fraction of sp³-hybridized carbons (Fsp3) is 0.176. The van der Waals surface area contributed by atoms with Crippen molar-refractivity contribution in [3.63, 3.8) is 0 Å². The van der Waals surface area contributed by atoms with Gasteiger partial charge in [-0.15, -0.1) is 0 Å². The molecule has 8 heteroatoms. The normalized spacial score (nSPS) is 10.2. The first kappa shape index (κ1) is 17.9. The number of nitro benzene ring substituents is 1. The van der Waals surface area contributed by atoms with Crippen molar-refractivity contribution in [3.05, 3.63) is 58.6 Å². The Balaban J connectivity index is 1.91. The summed E-state index contributed by atoms with van der Waals surface area (Å²) in [7, 11) is 0. The third-order valence-corrected chi connectivity index (χ3v) is 3.18. The predicted octanol–water partition coefficient (Wildman–Crippen LogP) is 3.80. The molecule has 0 spiro atoms. The molecule has 0 fully saturated rings. The molecule has 0 aliphatic rings. The van der Waals surface area contributed by atoms with Gasteiger partial charge in [0.15, 0.2) is 0 Å². The average molecular weight is 343 g/mol. The van der Waals surface area contributed by atoms with Crippen LogP contribution in [-0.4, -0.2) is 16.9 Å². The molecule has 0 radical (unpaired) electrons. The summed E-state index contributed by atoms with van der Waals surface area (Å²) < 4.78 is 5.11. The van der Waals surface area contributed by atoms with Crippen LogP contribution in [0.5, 0.6) is 5.75 Å². The van der Waals surface area contributed by atoms with E-state index in [1.165, 1.54) is 24.3 Å². The van der Waals surface area contributed by atoms with Crippen molar-refractivity contribution in [1.82, 2.24) is 0 Å². The molecule has 2 amide bonds. The van der Waals surface area contributed by atoms with Crippen molar-refractivity contribution in [2.24, 2.45) is 5.92 Å². The van der Waals surface area contributed by atoms with E-state index in [9.17, 15) is 19.7 Å². The Morgan fingerprint density at radius 1 is 0.960 bits per heavy atom. The molecule has 0 aromatic heterocycles. The van der Waals surface area contributed by atoms with Crippen LogP contribution in [0.25, 0.3) is 0 Å². The van der Waals surface area contributed by atoms with Crippen molar-refractivity contribution in [1.29, 1.82) is 0 Å². The van der Waals surface area contributed by atoms with E-state index in [1.807, 2.05) is 0 Å². The van der Waals surface area contributed by atoms with Crippen LogP contribution >= 0.6 is 0 Å². The highest BCUT2D eigenvalue weighted by Gasteiger charge is 2.09. The number of amides is 2. The van der Waals surface area contributed by atoms with E-state index in [4.69, 9.17) is 4.74 Å². The van der Waals surface area contributed by atoms with Gasteiger partial charge in [0, 0.05) is 29.4 Å². The van der Waals surface area contributed by atoms with Crippen LogP contribution in [0.3, 0.4) is 0 Å². The molecular formula is C17H17N3O5. The molecule has 130 valence electrons. The summed E-state index contributed by atoms with van der Waals surface area (Å²) in [4.78, 5) is 33.5. The van der Waals surface area contributed by atoms with E-state index in [-0.39, 0.29) is 17.5 Å². The number of nitro groups is 1. The number of nitrogens with one attached hydrogen (secondary N) is 2. The fourth-order valence-corrected chi connectivity index (χ4v) is 1.81. The van der Waals surface area contributed by atoms with Crippen LogP contribution in [0.4, 0.5) is 21.9 Å². The lowest BCUT2D eigenvalue weighted by Gasteiger charge is -2.09. The number of nitrogens with zero attached hydrogens (tertiary/aromatic N) is 1. The smallest absolute Gasteiger partial charge is 0.410 e. The predicted molar refractivity (Wildman–Crippen MR) is 92.7 cm³/mol. The first-order valence-corrected chi connectivity index (χ1v) is 7.49. The zero-order chi connectivity index (χ0) is 18.4. The highest BCUT2D eigenvalue weighted by atomic mass is 16.6. The maximum Gasteiger partial charge on any atom is 0.417 e. The SMILES string of the molecule is CC(C)C(=O)Nc1ccc(OC(=O)Nc2ccc([N+](=O)[O-])cc2)cc1. The van der Waals surface area contributed by atoms with Gasteiger partial charge in [-0.05, 0) is 36.4 Å².